The minimum absolute atomic E-state index is 0.0173. The number of hydrogen-bond acceptors (Lipinski definition) is 4. The predicted molar refractivity (Wildman–Crippen MR) is 123 cm³/mol. The molecule has 0 bridgehead atoms. The van der Waals surface area contributed by atoms with Crippen molar-refractivity contribution in [3.8, 4) is 5.75 Å². The van der Waals surface area contributed by atoms with E-state index in [1.165, 1.54) is 16.0 Å². The molecule has 31 heavy (non-hydrogen) atoms. The third-order valence-electron chi connectivity index (χ3n) is 6.48. The molecule has 6 heteroatoms. The first-order valence-corrected chi connectivity index (χ1v) is 12.2. The van der Waals surface area contributed by atoms with Crippen LogP contribution in [-0.2, 0) is 16.0 Å². The lowest BCUT2D eigenvalue weighted by atomic mass is 10.00. The summed E-state index contributed by atoms with van der Waals surface area (Å²) >= 11 is 1.75. The summed E-state index contributed by atoms with van der Waals surface area (Å²) in [6.45, 7) is 7.40. The second kappa shape index (κ2) is 9.43. The third kappa shape index (κ3) is 4.95. The summed E-state index contributed by atoms with van der Waals surface area (Å²) in [5, 5.41) is 2.10. The Kier molecular flexibility index (Phi) is 6.65. The van der Waals surface area contributed by atoms with Gasteiger partial charge in [-0.2, -0.15) is 0 Å². The minimum atomic E-state index is -0.126. The number of benzene rings is 1. The molecule has 0 spiro atoms. The maximum atomic E-state index is 13.5. The zero-order valence-electron chi connectivity index (χ0n) is 18.7. The van der Waals surface area contributed by atoms with E-state index in [4.69, 9.17) is 4.74 Å². The summed E-state index contributed by atoms with van der Waals surface area (Å²) in [6, 6.07) is 10.1. The molecule has 2 heterocycles. The highest BCUT2D eigenvalue weighted by Gasteiger charge is 2.38. The number of amides is 2. The van der Waals surface area contributed by atoms with Gasteiger partial charge in [0.05, 0.1) is 6.04 Å². The summed E-state index contributed by atoms with van der Waals surface area (Å²) in [7, 11) is 0. The van der Waals surface area contributed by atoms with E-state index in [0.29, 0.717) is 13.2 Å². The first-order chi connectivity index (χ1) is 15.0. The van der Waals surface area contributed by atoms with Crippen molar-refractivity contribution in [3.05, 3.63) is 51.7 Å². The van der Waals surface area contributed by atoms with E-state index in [-0.39, 0.29) is 36.4 Å². The molecule has 1 aromatic heterocycles. The molecule has 0 unspecified atom stereocenters. The van der Waals surface area contributed by atoms with E-state index in [1.54, 1.807) is 16.2 Å². The van der Waals surface area contributed by atoms with Crippen LogP contribution >= 0.6 is 11.3 Å². The fourth-order valence-corrected chi connectivity index (χ4v) is 5.09. The molecule has 1 fully saturated rings. The molecule has 2 aliphatic rings. The van der Waals surface area contributed by atoms with Gasteiger partial charge in [0.1, 0.15) is 18.9 Å². The third-order valence-corrected chi connectivity index (χ3v) is 7.48. The Labute approximate surface area is 189 Å². The normalized spacial score (nSPS) is 18.9. The maximum Gasteiger partial charge on any atom is 0.242 e. The number of nitrogens with zero attached hydrogens (tertiary/aromatic N) is 2. The smallest absolute Gasteiger partial charge is 0.242 e. The highest BCUT2D eigenvalue weighted by Crippen LogP contribution is 2.35. The van der Waals surface area contributed by atoms with Crippen molar-refractivity contribution in [1.82, 2.24) is 9.80 Å². The van der Waals surface area contributed by atoms with Crippen molar-refractivity contribution in [2.24, 2.45) is 5.92 Å². The first-order valence-electron chi connectivity index (χ1n) is 11.3. The molecule has 0 N–H and O–H groups in total. The molecule has 0 saturated heterocycles. The van der Waals surface area contributed by atoms with Crippen LogP contribution in [0, 0.1) is 12.8 Å². The van der Waals surface area contributed by atoms with Crippen LogP contribution in [0.25, 0.3) is 0 Å². The Morgan fingerprint density at radius 2 is 1.97 bits per heavy atom. The number of fused-ring (bicyclic) bond motifs is 1. The van der Waals surface area contributed by atoms with Gasteiger partial charge >= 0.3 is 0 Å². The topological polar surface area (TPSA) is 49.9 Å². The SMILES string of the molecule is CC[C@@H](C)N(CC(=O)N1CCc2sccc2[C@@H]1COc1ccc(C)cc1)C(=O)C1CC1. The summed E-state index contributed by atoms with van der Waals surface area (Å²) in [5.74, 6) is 1.09. The lowest BCUT2D eigenvalue weighted by Crippen LogP contribution is -2.50. The Balaban J connectivity index is 1.50. The van der Waals surface area contributed by atoms with E-state index >= 15 is 0 Å². The number of carbonyl (C=O) groups is 2. The quantitative estimate of drug-likeness (QED) is 0.603. The van der Waals surface area contributed by atoms with E-state index in [0.717, 1.165) is 31.4 Å². The summed E-state index contributed by atoms with van der Waals surface area (Å²) in [5.41, 5.74) is 2.37. The molecule has 2 amide bonds. The Morgan fingerprint density at radius 3 is 2.65 bits per heavy atom. The summed E-state index contributed by atoms with van der Waals surface area (Å²) in [6.07, 6.45) is 3.62. The van der Waals surface area contributed by atoms with Gasteiger partial charge in [-0.1, -0.05) is 24.6 Å². The van der Waals surface area contributed by atoms with Gasteiger partial charge in [-0.05, 0) is 68.7 Å². The van der Waals surface area contributed by atoms with E-state index < -0.39 is 0 Å². The van der Waals surface area contributed by atoms with E-state index in [1.807, 2.05) is 36.1 Å². The molecule has 1 saturated carbocycles. The van der Waals surface area contributed by atoms with E-state index in [2.05, 4.69) is 25.3 Å². The zero-order valence-corrected chi connectivity index (χ0v) is 19.5. The van der Waals surface area contributed by atoms with Crippen LogP contribution in [0.2, 0.25) is 0 Å². The summed E-state index contributed by atoms with van der Waals surface area (Å²) in [4.78, 5) is 31.4. The Bertz CT molecular complexity index is 919. The fourth-order valence-electron chi connectivity index (χ4n) is 4.16. The number of carbonyl (C=O) groups excluding carboxylic acids is 2. The molecule has 2 atom stereocenters. The second-order valence-corrected chi connectivity index (χ2v) is 9.77. The number of thiophene rings is 1. The maximum absolute atomic E-state index is 13.5. The van der Waals surface area contributed by atoms with Crippen LogP contribution in [0.4, 0.5) is 0 Å². The van der Waals surface area contributed by atoms with Crippen LogP contribution in [0.15, 0.2) is 35.7 Å². The average Bonchev–Trinajstić information content (AvgIpc) is 3.52. The molecule has 2 aromatic rings. The van der Waals surface area contributed by atoms with Gasteiger partial charge < -0.3 is 14.5 Å². The van der Waals surface area contributed by atoms with Gasteiger partial charge in [0.25, 0.3) is 0 Å². The van der Waals surface area contributed by atoms with E-state index in [9.17, 15) is 9.59 Å². The Hall–Kier alpha value is -2.34. The second-order valence-electron chi connectivity index (χ2n) is 8.77. The molecule has 1 aromatic carbocycles. The first kappa shape index (κ1) is 21.9. The number of hydrogen-bond donors (Lipinski definition) is 0. The van der Waals surface area contributed by atoms with Crippen molar-refractivity contribution in [2.75, 3.05) is 19.7 Å². The Morgan fingerprint density at radius 1 is 1.23 bits per heavy atom. The van der Waals surface area contributed by atoms with Crippen molar-refractivity contribution >= 4 is 23.2 Å². The highest BCUT2D eigenvalue weighted by molar-refractivity contribution is 7.10. The molecule has 4 rings (SSSR count). The average molecular weight is 441 g/mol. The van der Waals surface area contributed by atoms with Gasteiger partial charge in [-0.15, -0.1) is 11.3 Å². The van der Waals surface area contributed by atoms with Crippen LogP contribution in [0.3, 0.4) is 0 Å². The highest BCUT2D eigenvalue weighted by atomic mass is 32.1. The van der Waals surface area contributed by atoms with Crippen LogP contribution in [-0.4, -0.2) is 47.4 Å². The molecule has 166 valence electrons. The molecule has 1 aliphatic carbocycles. The fraction of sp³-hybridized carbons (Fsp3) is 0.520. The molecule has 0 radical (unpaired) electrons. The largest absolute Gasteiger partial charge is 0.491 e. The molecule has 5 nitrogen and oxygen atoms in total. The minimum Gasteiger partial charge on any atom is -0.491 e. The van der Waals surface area contributed by atoms with Crippen molar-refractivity contribution in [1.29, 1.82) is 0 Å². The van der Waals surface area contributed by atoms with Crippen molar-refractivity contribution in [2.45, 2.75) is 58.5 Å². The lowest BCUT2D eigenvalue weighted by molar-refractivity contribution is -0.145. The van der Waals surface area contributed by atoms with Gasteiger partial charge in [-0.3, -0.25) is 9.59 Å². The molecule has 1 aliphatic heterocycles. The van der Waals surface area contributed by atoms with Crippen LogP contribution in [0.1, 0.15) is 55.2 Å². The lowest BCUT2D eigenvalue weighted by Gasteiger charge is -2.38. The van der Waals surface area contributed by atoms with Crippen molar-refractivity contribution < 1.29 is 14.3 Å². The molecular formula is C25H32N2O3S. The van der Waals surface area contributed by atoms with Gasteiger partial charge in [-0.25, -0.2) is 0 Å². The standard InChI is InChI=1S/C25H32N2O3S/c1-4-18(3)27(25(29)19-7-8-19)15-24(28)26-13-11-23-21(12-14-31-23)22(26)16-30-20-9-5-17(2)6-10-20/h5-6,9-10,12,14,18-19,22H,4,7-8,11,13,15-16H2,1-3H3/t18-,22+/m1/s1. The number of ether oxygens (including phenoxy) is 1. The monoisotopic (exact) mass is 440 g/mol. The van der Waals surface area contributed by atoms with Crippen molar-refractivity contribution in [3.63, 3.8) is 0 Å². The number of aryl methyl sites for hydroxylation is 1. The molecular weight excluding hydrogens is 408 g/mol. The number of rotatable bonds is 8. The van der Waals surface area contributed by atoms with Crippen LogP contribution < -0.4 is 4.74 Å². The summed E-state index contributed by atoms with van der Waals surface area (Å²) < 4.78 is 6.11. The van der Waals surface area contributed by atoms with Gasteiger partial charge in [0, 0.05) is 23.4 Å². The van der Waals surface area contributed by atoms with Gasteiger partial charge in [0.15, 0.2) is 0 Å². The predicted octanol–water partition coefficient (Wildman–Crippen LogP) is 4.60. The van der Waals surface area contributed by atoms with Crippen LogP contribution in [0.5, 0.6) is 5.75 Å². The zero-order chi connectivity index (χ0) is 22.0. The van der Waals surface area contributed by atoms with Gasteiger partial charge in [0.2, 0.25) is 11.8 Å².